The lowest BCUT2D eigenvalue weighted by molar-refractivity contribution is -0.137. The quantitative estimate of drug-likeness (QED) is 0.619. The Balaban J connectivity index is 4.08. The lowest BCUT2D eigenvalue weighted by Crippen LogP contribution is -2.45. The first-order valence-corrected chi connectivity index (χ1v) is 5.31. The second-order valence-corrected chi connectivity index (χ2v) is 3.41. The van der Waals surface area contributed by atoms with Gasteiger partial charge in [-0.05, 0) is 6.92 Å². The molecule has 0 aliphatic carbocycles. The Labute approximate surface area is 101 Å². The van der Waals surface area contributed by atoms with E-state index in [1.54, 1.807) is 6.92 Å². The minimum absolute atomic E-state index is 0.243. The molecule has 100 valence electrons. The first kappa shape index (κ1) is 15.7. The molecule has 0 aromatic rings. The fourth-order valence-corrected chi connectivity index (χ4v) is 1.20. The highest BCUT2D eigenvalue weighted by atomic mass is 16.5. The van der Waals surface area contributed by atoms with Crippen molar-refractivity contribution in [2.75, 3.05) is 40.5 Å². The van der Waals surface area contributed by atoms with Gasteiger partial charge in [0.25, 0.3) is 0 Å². The molecule has 0 bridgehead atoms. The number of urea groups is 1. The van der Waals surface area contributed by atoms with Crippen LogP contribution < -0.4 is 5.32 Å². The summed E-state index contributed by atoms with van der Waals surface area (Å²) in [5.41, 5.74) is 0. The summed E-state index contributed by atoms with van der Waals surface area (Å²) >= 11 is 0. The number of likely N-dealkylation sites (N-methyl/N-ethyl adjacent to an activating group) is 1. The molecular weight excluding hydrogens is 228 g/mol. The molecule has 2 N–H and O–H groups in total. The third-order valence-corrected chi connectivity index (χ3v) is 2.16. The lowest BCUT2D eigenvalue weighted by atomic mass is 10.4. The number of hydrogen-bond donors (Lipinski definition) is 2. The molecule has 7 heteroatoms. The molecule has 0 saturated heterocycles. The molecule has 0 aliphatic rings. The van der Waals surface area contributed by atoms with Crippen LogP contribution in [0.3, 0.4) is 0 Å². The van der Waals surface area contributed by atoms with E-state index in [0.29, 0.717) is 13.2 Å². The lowest BCUT2D eigenvalue weighted by Gasteiger charge is -2.21. The van der Waals surface area contributed by atoms with Gasteiger partial charge in [0.2, 0.25) is 0 Å². The zero-order valence-electron chi connectivity index (χ0n) is 10.4. The van der Waals surface area contributed by atoms with Crippen molar-refractivity contribution in [3.05, 3.63) is 0 Å². The van der Waals surface area contributed by atoms with E-state index in [-0.39, 0.29) is 19.2 Å². The first-order chi connectivity index (χ1) is 8.04. The molecule has 0 saturated carbocycles. The largest absolute Gasteiger partial charge is 0.480 e. The molecule has 2 amide bonds. The van der Waals surface area contributed by atoms with Crippen LogP contribution >= 0.6 is 0 Å². The van der Waals surface area contributed by atoms with Crippen LogP contribution in [0.5, 0.6) is 0 Å². The van der Waals surface area contributed by atoms with Crippen molar-refractivity contribution in [3.63, 3.8) is 0 Å². The van der Waals surface area contributed by atoms with Gasteiger partial charge in [0.1, 0.15) is 6.54 Å². The number of carboxylic acid groups (broad SMARTS) is 1. The minimum atomic E-state index is -1.04. The number of carbonyl (C=O) groups is 2. The van der Waals surface area contributed by atoms with E-state index in [9.17, 15) is 9.59 Å². The van der Waals surface area contributed by atoms with Gasteiger partial charge in [-0.25, -0.2) is 4.79 Å². The van der Waals surface area contributed by atoms with Gasteiger partial charge in [-0.3, -0.25) is 4.79 Å². The number of nitrogens with zero attached hydrogens (tertiary/aromatic N) is 1. The van der Waals surface area contributed by atoms with Gasteiger partial charge in [-0.1, -0.05) is 0 Å². The van der Waals surface area contributed by atoms with E-state index in [4.69, 9.17) is 14.6 Å². The topological polar surface area (TPSA) is 88.1 Å². The van der Waals surface area contributed by atoms with Gasteiger partial charge in [0.15, 0.2) is 0 Å². The van der Waals surface area contributed by atoms with Gasteiger partial charge in [0.05, 0.1) is 12.7 Å². The third kappa shape index (κ3) is 6.75. The van der Waals surface area contributed by atoms with Crippen molar-refractivity contribution in [1.82, 2.24) is 10.2 Å². The van der Waals surface area contributed by atoms with E-state index in [1.807, 2.05) is 0 Å². The maximum atomic E-state index is 11.6. The van der Waals surface area contributed by atoms with Crippen molar-refractivity contribution >= 4 is 12.0 Å². The normalized spacial score (nSPS) is 11.9. The number of carbonyl (C=O) groups excluding carboxylic acids is 1. The SMILES string of the molecule is CCN(CC(=O)O)C(=O)NCC(COC)OC. The van der Waals surface area contributed by atoms with E-state index in [2.05, 4.69) is 5.32 Å². The molecule has 1 atom stereocenters. The summed E-state index contributed by atoms with van der Waals surface area (Å²) in [7, 11) is 3.06. The molecule has 0 fully saturated rings. The average Bonchev–Trinajstić information content (AvgIpc) is 2.30. The highest BCUT2D eigenvalue weighted by molar-refractivity contribution is 5.80. The van der Waals surface area contributed by atoms with Crippen molar-refractivity contribution in [2.24, 2.45) is 0 Å². The summed E-state index contributed by atoms with van der Waals surface area (Å²) in [6, 6.07) is -0.423. The summed E-state index contributed by atoms with van der Waals surface area (Å²) in [4.78, 5) is 23.3. The van der Waals surface area contributed by atoms with Crippen molar-refractivity contribution in [2.45, 2.75) is 13.0 Å². The highest BCUT2D eigenvalue weighted by Gasteiger charge is 2.16. The number of hydrogen-bond acceptors (Lipinski definition) is 4. The van der Waals surface area contributed by atoms with Crippen molar-refractivity contribution in [1.29, 1.82) is 0 Å². The molecule has 0 rings (SSSR count). The number of nitrogens with one attached hydrogen (secondary N) is 1. The predicted octanol–water partition coefficient (Wildman–Crippen LogP) is -0.236. The summed E-state index contributed by atoms with van der Waals surface area (Å²) in [5, 5.41) is 11.2. The zero-order valence-corrected chi connectivity index (χ0v) is 10.4. The van der Waals surface area contributed by atoms with Crippen LogP contribution in [0.2, 0.25) is 0 Å². The summed E-state index contributed by atoms with van der Waals surface area (Å²) in [6.07, 6.45) is -0.243. The van der Waals surface area contributed by atoms with Gasteiger partial charge in [0, 0.05) is 27.3 Å². The second kappa shape index (κ2) is 8.77. The molecule has 7 nitrogen and oxygen atoms in total. The van der Waals surface area contributed by atoms with Crippen LogP contribution in [0.4, 0.5) is 4.79 Å². The Morgan fingerprint density at radius 2 is 2.06 bits per heavy atom. The molecule has 0 spiro atoms. The summed E-state index contributed by atoms with van der Waals surface area (Å²) < 4.78 is 9.96. The van der Waals surface area contributed by atoms with E-state index >= 15 is 0 Å². The highest BCUT2D eigenvalue weighted by Crippen LogP contribution is 1.92. The van der Waals surface area contributed by atoms with E-state index < -0.39 is 12.0 Å². The van der Waals surface area contributed by atoms with Crippen LogP contribution in [0, 0.1) is 0 Å². The van der Waals surface area contributed by atoms with Crippen LogP contribution in [-0.4, -0.2) is 68.6 Å². The molecule has 0 aliphatic heterocycles. The Kier molecular flexibility index (Phi) is 8.08. The van der Waals surface area contributed by atoms with Crippen LogP contribution in [0.15, 0.2) is 0 Å². The number of ether oxygens (including phenoxy) is 2. The Morgan fingerprint density at radius 1 is 1.41 bits per heavy atom. The van der Waals surface area contributed by atoms with Crippen LogP contribution in [-0.2, 0) is 14.3 Å². The van der Waals surface area contributed by atoms with Crippen molar-refractivity contribution < 1.29 is 24.2 Å². The first-order valence-electron chi connectivity index (χ1n) is 5.31. The number of methoxy groups -OCH3 is 2. The third-order valence-electron chi connectivity index (χ3n) is 2.16. The summed E-state index contributed by atoms with van der Waals surface area (Å²) in [6.45, 7) is 2.37. The number of rotatable bonds is 8. The average molecular weight is 248 g/mol. The minimum Gasteiger partial charge on any atom is -0.480 e. The second-order valence-electron chi connectivity index (χ2n) is 3.41. The number of carboxylic acids is 1. The summed E-state index contributed by atoms with van der Waals surface area (Å²) in [5.74, 6) is -1.04. The van der Waals surface area contributed by atoms with Gasteiger partial charge < -0.3 is 24.8 Å². The van der Waals surface area contributed by atoms with Gasteiger partial charge in [-0.2, -0.15) is 0 Å². The van der Waals surface area contributed by atoms with Crippen molar-refractivity contribution in [3.8, 4) is 0 Å². The Hall–Kier alpha value is -1.34. The fraction of sp³-hybridized carbons (Fsp3) is 0.800. The van der Waals surface area contributed by atoms with Crippen LogP contribution in [0.25, 0.3) is 0 Å². The monoisotopic (exact) mass is 248 g/mol. The van der Waals surface area contributed by atoms with Gasteiger partial charge >= 0.3 is 12.0 Å². The molecule has 0 aromatic carbocycles. The van der Waals surface area contributed by atoms with Gasteiger partial charge in [-0.15, -0.1) is 0 Å². The zero-order chi connectivity index (χ0) is 13.3. The predicted molar refractivity (Wildman–Crippen MR) is 61.0 cm³/mol. The fourth-order valence-electron chi connectivity index (χ4n) is 1.20. The van der Waals surface area contributed by atoms with E-state index in [0.717, 1.165) is 0 Å². The maximum Gasteiger partial charge on any atom is 0.323 e. The number of aliphatic carboxylic acids is 1. The smallest absolute Gasteiger partial charge is 0.323 e. The molecular formula is C10H20N2O5. The maximum absolute atomic E-state index is 11.6. The van der Waals surface area contributed by atoms with Crippen LogP contribution in [0.1, 0.15) is 6.92 Å². The van der Waals surface area contributed by atoms with E-state index in [1.165, 1.54) is 19.1 Å². The Morgan fingerprint density at radius 3 is 2.47 bits per heavy atom. The molecule has 0 radical (unpaired) electrons. The standard InChI is InChI=1S/C10H20N2O5/c1-4-12(6-9(13)14)10(15)11-5-8(17-3)7-16-2/h8H,4-7H2,1-3H3,(H,11,15)(H,13,14). The number of amides is 2. The molecule has 0 aromatic heterocycles. The Bertz CT molecular complexity index is 247. The molecule has 0 heterocycles. The molecule has 1 unspecified atom stereocenters. The molecule has 17 heavy (non-hydrogen) atoms.